The molecule has 0 bridgehead atoms. The van der Waals surface area contributed by atoms with Crippen LogP contribution in [0.5, 0.6) is 0 Å². The summed E-state index contributed by atoms with van der Waals surface area (Å²) >= 11 is 3.02. The van der Waals surface area contributed by atoms with Gasteiger partial charge in [0, 0.05) is 16.0 Å². The van der Waals surface area contributed by atoms with Crippen LogP contribution < -0.4 is 5.32 Å². The number of thiazole rings is 1. The predicted octanol–water partition coefficient (Wildman–Crippen LogP) is 3.08. The van der Waals surface area contributed by atoms with Gasteiger partial charge in [0.05, 0.1) is 24.6 Å². The molecule has 2 aromatic rings. The molecule has 1 atom stereocenters. The summed E-state index contributed by atoms with van der Waals surface area (Å²) < 4.78 is 4.89. The lowest BCUT2D eigenvalue weighted by Crippen LogP contribution is -2.21. The van der Waals surface area contributed by atoms with Gasteiger partial charge < -0.3 is 10.1 Å². The Kier molecular flexibility index (Phi) is 4.97. The van der Waals surface area contributed by atoms with Crippen molar-refractivity contribution in [1.29, 1.82) is 0 Å². The number of hydrogen-bond donors (Lipinski definition) is 1. The minimum absolute atomic E-state index is 0.0560. The number of thioether (sulfide) groups is 1. The number of esters is 1. The molecule has 0 saturated carbocycles. The molecule has 7 heteroatoms. The smallest absolute Gasteiger partial charge is 0.311 e. The SMILES string of the molecule is CCOC(=O)Cc1csc(NC(=O)[C@@H]2CSc3ccccc32)n1. The van der Waals surface area contributed by atoms with Crippen LogP contribution in [-0.4, -0.2) is 29.2 Å². The fraction of sp³-hybridized carbons (Fsp3) is 0.312. The number of fused-ring (bicyclic) bond motifs is 1. The van der Waals surface area contributed by atoms with Crippen molar-refractivity contribution >= 4 is 40.1 Å². The molecule has 0 spiro atoms. The van der Waals surface area contributed by atoms with Crippen LogP contribution in [0.2, 0.25) is 0 Å². The Hall–Kier alpha value is -1.86. The van der Waals surface area contributed by atoms with Crippen LogP contribution in [0.3, 0.4) is 0 Å². The van der Waals surface area contributed by atoms with Crippen molar-refractivity contribution in [3.8, 4) is 0 Å². The van der Waals surface area contributed by atoms with Gasteiger partial charge in [0.2, 0.25) is 5.91 Å². The Morgan fingerprint density at radius 3 is 3.04 bits per heavy atom. The third-order valence-corrected chi connectivity index (χ3v) is 5.42. The molecule has 1 aliphatic rings. The third-order valence-electron chi connectivity index (χ3n) is 3.43. The molecule has 0 radical (unpaired) electrons. The molecule has 2 heterocycles. The van der Waals surface area contributed by atoms with Crippen molar-refractivity contribution in [1.82, 2.24) is 4.98 Å². The highest BCUT2D eigenvalue weighted by Crippen LogP contribution is 2.39. The van der Waals surface area contributed by atoms with Gasteiger partial charge in [0.1, 0.15) is 0 Å². The van der Waals surface area contributed by atoms with Crippen LogP contribution >= 0.6 is 23.1 Å². The van der Waals surface area contributed by atoms with E-state index in [1.807, 2.05) is 24.3 Å². The molecule has 0 unspecified atom stereocenters. The van der Waals surface area contributed by atoms with Crippen molar-refractivity contribution < 1.29 is 14.3 Å². The minimum atomic E-state index is -0.309. The number of amides is 1. The van der Waals surface area contributed by atoms with Crippen LogP contribution in [0.15, 0.2) is 34.5 Å². The highest BCUT2D eigenvalue weighted by Gasteiger charge is 2.29. The summed E-state index contributed by atoms with van der Waals surface area (Å²) in [6.45, 7) is 2.12. The van der Waals surface area contributed by atoms with E-state index < -0.39 is 0 Å². The Bertz CT molecular complexity index is 730. The number of benzene rings is 1. The molecule has 23 heavy (non-hydrogen) atoms. The largest absolute Gasteiger partial charge is 0.466 e. The molecule has 0 fully saturated rings. The van der Waals surface area contributed by atoms with Gasteiger partial charge in [-0.3, -0.25) is 9.59 Å². The Labute approximate surface area is 142 Å². The zero-order valence-corrected chi connectivity index (χ0v) is 14.2. The second kappa shape index (κ2) is 7.14. The van der Waals surface area contributed by atoms with Gasteiger partial charge in [0.15, 0.2) is 5.13 Å². The van der Waals surface area contributed by atoms with Crippen molar-refractivity contribution in [2.45, 2.75) is 24.2 Å². The minimum Gasteiger partial charge on any atom is -0.466 e. The molecule has 1 N–H and O–H groups in total. The van der Waals surface area contributed by atoms with E-state index in [9.17, 15) is 9.59 Å². The van der Waals surface area contributed by atoms with Crippen molar-refractivity contribution in [2.24, 2.45) is 0 Å². The molecule has 1 aromatic heterocycles. The van der Waals surface area contributed by atoms with Crippen LogP contribution in [0.4, 0.5) is 5.13 Å². The Balaban J connectivity index is 1.63. The zero-order valence-electron chi connectivity index (χ0n) is 12.6. The number of nitrogens with one attached hydrogen (secondary N) is 1. The fourth-order valence-electron chi connectivity index (χ4n) is 2.38. The first-order chi connectivity index (χ1) is 11.2. The summed E-state index contributed by atoms with van der Waals surface area (Å²) in [5, 5.41) is 5.14. The van der Waals surface area contributed by atoms with E-state index in [2.05, 4.69) is 10.3 Å². The molecular formula is C16H16N2O3S2. The molecule has 0 aliphatic carbocycles. The number of anilines is 1. The van der Waals surface area contributed by atoms with Gasteiger partial charge in [0.25, 0.3) is 0 Å². The number of hydrogen-bond acceptors (Lipinski definition) is 6. The van der Waals surface area contributed by atoms with Crippen molar-refractivity contribution in [2.75, 3.05) is 17.7 Å². The van der Waals surface area contributed by atoms with E-state index in [-0.39, 0.29) is 24.2 Å². The lowest BCUT2D eigenvalue weighted by molar-refractivity contribution is -0.142. The third kappa shape index (κ3) is 3.73. The predicted molar refractivity (Wildman–Crippen MR) is 91.0 cm³/mol. The summed E-state index contributed by atoms with van der Waals surface area (Å²) in [5.74, 6) is 0.219. The molecule has 0 saturated heterocycles. The quantitative estimate of drug-likeness (QED) is 0.841. The summed E-state index contributed by atoms with van der Waals surface area (Å²) in [6.07, 6.45) is 0.127. The normalized spacial score (nSPS) is 16.0. The van der Waals surface area contributed by atoms with E-state index in [0.717, 1.165) is 16.2 Å². The van der Waals surface area contributed by atoms with Crippen molar-refractivity contribution in [3.63, 3.8) is 0 Å². The van der Waals surface area contributed by atoms with Crippen molar-refractivity contribution in [3.05, 3.63) is 40.9 Å². The zero-order chi connectivity index (χ0) is 16.2. The van der Waals surface area contributed by atoms with E-state index in [1.54, 1.807) is 24.1 Å². The van der Waals surface area contributed by atoms with E-state index in [1.165, 1.54) is 11.3 Å². The lowest BCUT2D eigenvalue weighted by atomic mass is 10.0. The van der Waals surface area contributed by atoms with Gasteiger partial charge in [-0.1, -0.05) is 18.2 Å². The monoisotopic (exact) mass is 348 g/mol. The van der Waals surface area contributed by atoms with Crippen LogP contribution in [0.1, 0.15) is 24.1 Å². The topological polar surface area (TPSA) is 68.3 Å². The summed E-state index contributed by atoms with van der Waals surface area (Å²) in [5.41, 5.74) is 1.68. The molecule has 1 aromatic carbocycles. The first-order valence-electron chi connectivity index (χ1n) is 7.30. The maximum Gasteiger partial charge on any atom is 0.311 e. The van der Waals surface area contributed by atoms with Crippen LogP contribution in [-0.2, 0) is 20.7 Å². The number of aromatic nitrogens is 1. The molecule has 1 amide bonds. The average Bonchev–Trinajstić information content (AvgIpc) is 3.14. The van der Waals surface area contributed by atoms with E-state index in [0.29, 0.717) is 17.4 Å². The Morgan fingerprint density at radius 2 is 2.22 bits per heavy atom. The fourth-order valence-corrected chi connectivity index (χ4v) is 4.32. The lowest BCUT2D eigenvalue weighted by Gasteiger charge is -2.09. The summed E-state index contributed by atoms with van der Waals surface area (Å²) in [6, 6.07) is 7.96. The maximum atomic E-state index is 12.5. The van der Waals surface area contributed by atoms with Gasteiger partial charge in [-0.15, -0.1) is 23.1 Å². The second-order valence-electron chi connectivity index (χ2n) is 5.02. The van der Waals surface area contributed by atoms with Crippen LogP contribution in [0, 0.1) is 0 Å². The van der Waals surface area contributed by atoms with Gasteiger partial charge in [-0.25, -0.2) is 4.98 Å². The average molecular weight is 348 g/mol. The Morgan fingerprint density at radius 1 is 1.39 bits per heavy atom. The van der Waals surface area contributed by atoms with Gasteiger partial charge in [-0.05, 0) is 18.6 Å². The number of carbonyl (C=O) groups excluding carboxylic acids is 2. The van der Waals surface area contributed by atoms with E-state index >= 15 is 0 Å². The first-order valence-corrected chi connectivity index (χ1v) is 9.16. The van der Waals surface area contributed by atoms with Gasteiger partial charge in [-0.2, -0.15) is 0 Å². The highest BCUT2D eigenvalue weighted by atomic mass is 32.2. The number of nitrogens with zero attached hydrogens (tertiary/aromatic N) is 1. The maximum absolute atomic E-state index is 12.5. The molecule has 3 rings (SSSR count). The summed E-state index contributed by atoms with van der Waals surface area (Å²) in [4.78, 5) is 29.3. The molecule has 120 valence electrons. The molecular weight excluding hydrogens is 332 g/mol. The van der Waals surface area contributed by atoms with E-state index in [4.69, 9.17) is 4.74 Å². The highest BCUT2D eigenvalue weighted by molar-refractivity contribution is 7.99. The molecule has 5 nitrogen and oxygen atoms in total. The number of ether oxygens (including phenoxy) is 1. The molecule has 1 aliphatic heterocycles. The van der Waals surface area contributed by atoms with Gasteiger partial charge >= 0.3 is 5.97 Å². The number of carbonyl (C=O) groups is 2. The number of rotatable bonds is 5. The van der Waals surface area contributed by atoms with Crippen LogP contribution in [0.25, 0.3) is 0 Å². The second-order valence-corrected chi connectivity index (χ2v) is 6.94. The first kappa shape index (κ1) is 16.0. The summed E-state index contributed by atoms with van der Waals surface area (Å²) in [7, 11) is 0. The standard InChI is InChI=1S/C16H16N2O3S2/c1-2-21-14(19)7-10-8-23-16(17-10)18-15(20)12-9-22-13-6-4-3-5-11(12)13/h3-6,8,12H,2,7,9H2,1H3,(H,17,18,20)/t12-/m1/s1.